The quantitative estimate of drug-likeness (QED) is 0.876. The topological polar surface area (TPSA) is 75.6 Å². The highest BCUT2D eigenvalue weighted by molar-refractivity contribution is 5.98. The number of aliphatic carboxylic acids is 1. The van der Waals surface area contributed by atoms with Crippen LogP contribution in [0.2, 0.25) is 0 Å². The Morgan fingerprint density at radius 1 is 1.40 bits per heavy atom. The second kappa shape index (κ2) is 5.16. The first-order valence-electron chi connectivity index (χ1n) is 5.95. The lowest BCUT2D eigenvalue weighted by molar-refractivity contribution is -0.144. The molecule has 5 nitrogen and oxygen atoms in total. The van der Waals surface area contributed by atoms with E-state index in [9.17, 15) is 23.5 Å². The molecular weight excluding hydrogens is 272 g/mol. The second-order valence-corrected chi connectivity index (χ2v) is 4.70. The second-order valence-electron chi connectivity index (χ2n) is 4.70. The Balaban J connectivity index is 2.33. The number of carboxylic acids is 1. The van der Waals surface area contributed by atoms with Crippen LogP contribution in [0.1, 0.15) is 22.3 Å². The van der Waals surface area contributed by atoms with Crippen LogP contribution in [0.3, 0.4) is 0 Å². The average molecular weight is 285 g/mol. The number of rotatable bonds is 3. The molecule has 1 aromatic rings. The zero-order valence-electron chi connectivity index (χ0n) is 10.7. The molecular formula is C13H13F2NO4. The molecule has 1 aromatic carbocycles. The van der Waals surface area contributed by atoms with Gasteiger partial charge < -0.3 is 15.2 Å². The maximum atomic E-state index is 13.8. The molecule has 1 saturated heterocycles. The number of carboxylic acid groups (broad SMARTS) is 1. The first kappa shape index (κ1) is 14.4. The summed E-state index contributed by atoms with van der Waals surface area (Å²) in [6.07, 6.45) is 0.0448. The van der Waals surface area contributed by atoms with Crippen LogP contribution in [0.4, 0.5) is 8.78 Å². The summed E-state index contributed by atoms with van der Waals surface area (Å²) >= 11 is 0. The van der Waals surface area contributed by atoms with Gasteiger partial charge in [-0.15, -0.1) is 0 Å². The summed E-state index contributed by atoms with van der Waals surface area (Å²) in [5, 5.41) is 11.3. The number of hydrogen-bond donors (Lipinski definition) is 2. The number of aryl methyl sites for hydroxylation is 1. The van der Waals surface area contributed by atoms with Crippen LogP contribution in [-0.2, 0) is 9.53 Å². The summed E-state index contributed by atoms with van der Waals surface area (Å²) < 4.78 is 32.4. The van der Waals surface area contributed by atoms with Gasteiger partial charge in [-0.25, -0.2) is 13.6 Å². The molecule has 1 fully saturated rings. The summed E-state index contributed by atoms with van der Waals surface area (Å²) in [7, 11) is 0. The van der Waals surface area contributed by atoms with E-state index in [-0.39, 0.29) is 25.2 Å². The molecule has 0 bridgehead atoms. The molecule has 1 amide bonds. The standard InChI is InChI=1S/C13H13F2NO4/c1-7-2-3-8(14)9(10(7)15)11(17)16-13(12(18)19)4-5-20-6-13/h2-3H,4-6H2,1H3,(H,16,17)(H,18,19). The van der Waals surface area contributed by atoms with Gasteiger partial charge in [-0.3, -0.25) is 4.79 Å². The molecule has 2 rings (SSSR count). The summed E-state index contributed by atoms with van der Waals surface area (Å²) in [6, 6.07) is 2.17. The van der Waals surface area contributed by atoms with Crippen molar-refractivity contribution in [2.45, 2.75) is 18.9 Å². The fourth-order valence-electron chi connectivity index (χ4n) is 2.03. The van der Waals surface area contributed by atoms with Crippen molar-refractivity contribution in [1.29, 1.82) is 0 Å². The smallest absolute Gasteiger partial charge is 0.331 e. The van der Waals surface area contributed by atoms with E-state index in [4.69, 9.17) is 4.74 Å². The van der Waals surface area contributed by atoms with Crippen molar-refractivity contribution in [3.63, 3.8) is 0 Å². The van der Waals surface area contributed by atoms with Crippen LogP contribution < -0.4 is 5.32 Å². The van der Waals surface area contributed by atoms with E-state index in [1.165, 1.54) is 13.0 Å². The van der Waals surface area contributed by atoms with Crippen molar-refractivity contribution < 1.29 is 28.2 Å². The van der Waals surface area contributed by atoms with Gasteiger partial charge in [-0.05, 0) is 18.6 Å². The van der Waals surface area contributed by atoms with Crippen molar-refractivity contribution >= 4 is 11.9 Å². The molecule has 1 heterocycles. The Hall–Kier alpha value is -2.02. The van der Waals surface area contributed by atoms with E-state index in [2.05, 4.69) is 5.32 Å². The van der Waals surface area contributed by atoms with Crippen LogP contribution in [0.25, 0.3) is 0 Å². The number of benzene rings is 1. The molecule has 1 unspecified atom stereocenters. The molecule has 1 aliphatic rings. The van der Waals surface area contributed by atoms with Gasteiger partial charge in [0.25, 0.3) is 5.91 Å². The van der Waals surface area contributed by atoms with Crippen molar-refractivity contribution in [1.82, 2.24) is 5.32 Å². The summed E-state index contributed by atoms with van der Waals surface area (Å²) in [5.74, 6) is -4.43. The molecule has 108 valence electrons. The van der Waals surface area contributed by atoms with Gasteiger partial charge in [0.2, 0.25) is 0 Å². The van der Waals surface area contributed by atoms with E-state index in [0.29, 0.717) is 0 Å². The number of halogens is 2. The number of ether oxygens (including phenoxy) is 1. The maximum Gasteiger partial charge on any atom is 0.331 e. The summed E-state index contributed by atoms with van der Waals surface area (Å²) in [4.78, 5) is 23.2. The fourth-order valence-corrected chi connectivity index (χ4v) is 2.03. The Kier molecular flexibility index (Phi) is 3.71. The Morgan fingerprint density at radius 3 is 2.65 bits per heavy atom. The fraction of sp³-hybridized carbons (Fsp3) is 0.385. The van der Waals surface area contributed by atoms with E-state index < -0.39 is 34.6 Å². The minimum absolute atomic E-state index is 0.0448. The molecule has 0 radical (unpaired) electrons. The third-order valence-corrected chi connectivity index (χ3v) is 3.30. The minimum Gasteiger partial charge on any atom is -0.479 e. The Labute approximate surface area is 113 Å². The summed E-state index contributed by atoms with van der Waals surface area (Å²) in [5.41, 5.74) is -2.32. The third kappa shape index (κ3) is 2.36. The third-order valence-electron chi connectivity index (χ3n) is 3.30. The predicted molar refractivity (Wildman–Crippen MR) is 64.4 cm³/mol. The van der Waals surface area contributed by atoms with E-state index in [0.717, 1.165) is 6.07 Å². The number of hydrogen-bond acceptors (Lipinski definition) is 3. The molecule has 0 saturated carbocycles. The number of carbonyl (C=O) groups is 2. The van der Waals surface area contributed by atoms with Crippen molar-refractivity contribution in [3.05, 3.63) is 34.9 Å². The molecule has 2 N–H and O–H groups in total. The Bertz CT molecular complexity index is 568. The normalized spacial score (nSPS) is 21.8. The molecule has 1 atom stereocenters. The molecule has 0 aromatic heterocycles. The average Bonchev–Trinajstić information content (AvgIpc) is 2.84. The van der Waals surface area contributed by atoms with E-state index in [1.807, 2.05) is 0 Å². The van der Waals surface area contributed by atoms with Gasteiger partial charge >= 0.3 is 5.97 Å². The van der Waals surface area contributed by atoms with Gasteiger partial charge in [0, 0.05) is 13.0 Å². The first-order chi connectivity index (χ1) is 9.37. The molecule has 7 heteroatoms. The zero-order valence-corrected chi connectivity index (χ0v) is 10.7. The van der Waals surface area contributed by atoms with Gasteiger partial charge in [-0.2, -0.15) is 0 Å². The highest BCUT2D eigenvalue weighted by Gasteiger charge is 2.44. The largest absolute Gasteiger partial charge is 0.479 e. The first-order valence-corrected chi connectivity index (χ1v) is 5.95. The highest BCUT2D eigenvalue weighted by atomic mass is 19.1. The molecule has 0 spiro atoms. The van der Waals surface area contributed by atoms with Crippen LogP contribution in [0.5, 0.6) is 0 Å². The highest BCUT2D eigenvalue weighted by Crippen LogP contribution is 2.22. The Morgan fingerprint density at radius 2 is 2.10 bits per heavy atom. The lowest BCUT2D eigenvalue weighted by atomic mass is 9.98. The maximum absolute atomic E-state index is 13.8. The number of amides is 1. The van der Waals surface area contributed by atoms with Gasteiger partial charge in [0.15, 0.2) is 5.54 Å². The number of nitrogens with one attached hydrogen (secondary N) is 1. The van der Waals surface area contributed by atoms with Gasteiger partial charge in [0.1, 0.15) is 17.2 Å². The lowest BCUT2D eigenvalue weighted by Crippen LogP contribution is -2.55. The van der Waals surface area contributed by atoms with E-state index >= 15 is 0 Å². The lowest BCUT2D eigenvalue weighted by Gasteiger charge is -2.24. The molecule has 1 aliphatic heterocycles. The van der Waals surface area contributed by atoms with Gasteiger partial charge in [0.05, 0.1) is 6.61 Å². The van der Waals surface area contributed by atoms with Crippen LogP contribution >= 0.6 is 0 Å². The molecule has 0 aliphatic carbocycles. The van der Waals surface area contributed by atoms with Crippen LogP contribution in [0.15, 0.2) is 12.1 Å². The van der Waals surface area contributed by atoms with E-state index in [1.54, 1.807) is 0 Å². The SMILES string of the molecule is Cc1ccc(F)c(C(=O)NC2(C(=O)O)CCOC2)c1F. The zero-order chi connectivity index (χ0) is 14.9. The van der Waals surface area contributed by atoms with Crippen molar-refractivity contribution in [2.75, 3.05) is 13.2 Å². The van der Waals surface area contributed by atoms with Crippen molar-refractivity contribution in [3.8, 4) is 0 Å². The molecule has 20 heavy (non-hydrogen) atoms. The monoisotopic (exact) mass is 285 g/mol. The van der Waals surface area contributed by atoms with Crippen molar-refractivity contribution in [2.24, 2.45) is 0 Å². The van der Waals surface area contributed by atoms with Crippen LogP contribution in [-0.4, -0.2) is 35.7 Å². The predicted octanol–water partition coefficient (Wildman–Crippen LogP) is 1.25. The van der Waals surface area contributed by atoms with Crippen LogP contribution in [0, 0.1) is 18.6 Å². The van der Waals surface area contributed by atoms with Gasteiger partial charge in [-0.1, -0.05) is 6.07 Å². The number of carbonyl (C=O) groups excluding carboxylic acids is 1. The summed E-state index contributed by atoms with van der Waals surface area (Å²) in [6.45, 7) is 1.31. The minimum atomic E-state index is -1.64.